The van der Waals surface area contributed by atoms with Gasteiger partial charge in [-0.3, -0.25) is 0 Å². The van der Waals surface area contributed by atoms with E-state index >= 15 is 0 Å². The first kappa shape index (κ1) is 14.7. The van der Waals surface area contributed by atoms with E-state index in [2.05, 4.69) is 45.5 Å². The van der Waals surface area contributed by atoms with Crippen molar-refractivity contribution in [1.82, 2.24) is 5.32 Å². The monoisotopic (exact) mass is 347 g/mol. The van der Waals surface area contributed by atoms with Crippen LogP contribution in [0.15, 0.2) is 53.0 Å². The number of rotatable bonds is 4. The Balaban J connectivity index is 1.56. The van der Waals surface area contributed by atoms with Gasteiger partial charge in [-0.15, -0.1) is 0 Å². The second-order valence-corrected chi connectivity index (χ2v) is 6.75. The van der Waals surface area contributed by atoms with Gasteiger partial charge in [0.25, 0.3) is 0 Å². The Morgan fingerprint density at radius 1 is 1.14 bits per heavy atom. The molecule has 1 nitrogen and oxygen atoms in total. The lowest BCUT2D eigenvalue weighted by atomic mass is 9.75. The Hall–Kier alpha value is -1.19. The summed E-state index contributed by atoms with van der Waals surface area (Å²) >= 11 is 3.52. The van der Waals surface area contributed by atoms with Crippen LogP contribution in [0.2, 0.25) is 0 Å². The molecule has 1 aliphatic rings. The quantitative estimate of drug-likeness (QED) is 0.802. The van der Waals surface area contributed by atoms with Gasteiger partial charge < -0.3 is 5.32 Å². The highest BCUT2D eigenvalue weighted by Crippen LogP contribution is 2.38. The maximum Gasteiger partial charge on any atom is 0.127 e. The van der Waals surface area contributed by atoms with Gasteiger partial charge in [0.2, 0.25) is 0 Å². The SMILES string of the molecule is CC(NC1CC(c2cccc(Br)c2)C1)c1ccccc1F. The molecule has 0 aliphatic heterocycles. The molecule has 110 valence electrons. The zero-order valence-electron chi connectivity index (χ0n) is 12.0. The second kappa shape index (κ2) is 6.29. The summed E-state index contributed by atoms with van der Waals surface area (Å²) in [7, 11) is 0. The molecule has 1 unspecified atom stereocenters. The Morgan fingerprint density at radius 2 is 1.90 bits per heavy atom. The van der Waals surface area contributed by atoms with Crippen molar-refractivity contribution in [3.8, 4) is 0 Å². The van der Waals surface area contributed by atoms with Crippen molar-refractivity contribution in [2.24, 2.45) is 0 Å². The van der Waals surface area contributed by atoms with Crippen LogP contribution in [0.1, 0.15) is 42.9 Å². The van der Waals surface area contributed by atoms with Gasteiger partial charge in [-0.25, -0.2) is 4.39 Å². The zero-order chi connectivity index (χ0) is 14.8. The van der Waals surface area contributed by atoms with Crippen molar-refractivity contribution >= 4 is 15.9 Å². The summed E-state index contributed by atoms with van der Waals surface area (Å²) in [4.78, 5) is 0. The van der Waals surface area contributed by atoms with Gasteiger partial charge in [-0.05, 0) is 49.4 Å². The third-order valence-electron chi connectivity index (χ3n) is 4.32. The number of hydrogen-bond donors (Lipinski definition) is 1. The Bertz CT molecular complexity index is 622. The summed E-state index contributed by atoms with van der Waals surface area (Å²) in [5, 5.41) is 3.54. The molecule has 2 aromatic carbocycles. The van der Waals surface area contributed by atoms with Crippen LogP contribution in [0.25, 0.3) is 0 Å². The van der Waals surface area contributed by atoms with E-state index in [9.17, 15) is 4.39 Å². The predicted octanol–water partition coefficient (Wildman–Crippen LogP) is 5.19. The molecule has 1 fully saturated rings. The minimum absolute atomic E-state index is 0.0552. The van der Waals surface area contributed by atoms with Crippen molar-refractivity contribution < 1.29 is 4.39 Å². The van der Waals surface area contributed by atoms with E-state index < -0.39 is 0 Å². The van der Waals surface area contributed by atoms with Crippen LogP contribution in [0.5, 0.6) is 0 Å². The van der Waals surface area contributed by atoms with Crippen LogP contribution in [0.4, 0.5) is 4.39 Å². The topological polar surface area (TPSA) is 12.0 Å². The highest BCUT2D eigenvalue weighted by atomic mass is 79.9. The summed E-state index contributed by atoms with van der Waals surface area (Å²) in [5.74, 6) is 0.494. The molecule has 0 spiro atoms. The highest BCUT2D eigenvalue weighted by molar-refractivity contribution is 9.10. The number of nitrogens with one attached hydrogen (secondary N) is 1. The van der Waals surface area contributed by atoms with Gasteiger partial charge in [-0.2, -0.15) is 0 Å². The molecular formula is C18H19BrFN. The van der Waals surface area contributed by atoms with Gasteiger partial charge in [0.1, 0.15) is 5.82 Å². The zero-order valence-corrected chi connectivity index (χ0v) is 13.6. The van der Waals surface area contributed by atoms with E-state index in [1.807, 2.05) is 19.1 Å². The van der Waals surface area contributed by atoms with Gasteiger partial charge in [0, 0.05) is 22.1 Å². The lowest BCUT2D eigenvalue weighted by Gasteiger charge is -2.38. The average Bonchev–Trinajstić information content (AvgIpc) is 2.42. The minimum atomic E-state index is -0.125. The van der Waals surface area contributed by atoms with Crippen molar-refractivity contribution in [2.75, 3.05) is 0 Å². The van der Waals surface area contributed by atoms with Crippen molar-refractivity contribution in [3.63, 3.8) is 0 Å². The molecule has 3 heteroatoms. The van der Waals surface area contributed by atoms with Crippen LogP contribution < -0.4 is 5.32 Å². The summed E-state index contributed by atoms with van der Waals surface area (Å²) in [6, 6.07) is 16.1. The lowest BCUT2D eigenvalue weighted by Crippen LogP contribution is -2.41. The minimum Gasteiger partial charge on any atom is -0.307 e. The first-order chi connectivity index (χ1) is 10.1. The van der Waals surface area contributed by atoms with E-state index in [0.717, 1.165) is 22.9 Å². The smallest absolute Gasteiger partial charge is 0.127 e. The fourth-order valence-corrected chi connectivity index (χ4v) is 3.47. The van der Waals surface area contributed by atoms with E-state index in [4.69, 9.17) is 0 Å². The molecule has 0 radical (unpaired) electrons. The molecule has 2 aromatic rings. The van der Waals surface area contributed by atoms with Crippen molar-refractivity contribution in [1.29, 1.82) is 0 Å². The molecule has 3 rings (SSSR count). The van der Waals surface area contributed by atoms with Gasteiger partial charge in [0.15, 0.2) is 0 Å². The summed E-state index contributed by atoms with van der Waals surface area (Å²) in [6.45, 7) is 2.03. The van der Waals surface area contributed by atoms with Crippen LogP contribution in [0, 0.1) is 5.82 Å². The molecule has 0 amide bonds. The Morgan fingerprint density at radius 3 is 2.62 bits per heavy atom. The maximum absolute atomic E-state index is 13.8. The fraction of sp³-hybridized carbons (Fsp3) is 0.333. The van der Waals surface area contributed by atoms with E-state index in [1.54, 1.807) is 6.07 Å². The van der Waals surface area contributed by atoms with E-state index in [0.29, 0.717) is 12.0 Å². The van der Waals surface area contributed by atoms with Gasteiger partial charge >= 0.3 is 0 Å². The highest BCUT2D eigenvalue weighted by Gasteiger charge is 2.31. The fourth-order valence-electron chi connectivity index (χ4n) is 3.06. The Labute approximate surface area is 133 Å². The molecule has 21 heavy (non-hydrogen) atoms. The summed E-state index contributed by atoms with van der Waals surface area (Å²) in [6.07, 6.45) is 2.24. The van der Waals surface area contributed by atoms with Gasteiger partial charge in [-0.1, -0.05) is 46.3 Å². The molecule has 1 atom stereocenters. The molecule has 0 saturated heterocycles. The normalized spacial score (nSPS) is 22.6. The molecule has 0 bridgehead atoms. The standard InChI is InChI=1S/C18H19BrFN/c1-12(17-7-2-3-8-18(17)20)21-16-10-14(11-16)13-5-4-6-15(19)9-13/h2-9,12,14,16,21H,10-11H2,1H3. The molecule has 0 aromatic heterocycles. The van der Waals surface area contributed by atoms with Crippen LogP contribution in [-0.4, -0.2) is 6.04 Å². The molecule has 1 aliphatic carbocycles. The second-order valence-electron chi connectivity index (χ2n) is 5.83. The molecular weight excluding hydrogens is 329 g/mol. The first-order valence-corrected chi connectivity index (χ1v) is 8.18. The molecule has 1 saturated carbocycles. The lowest BCUT2D eigenvalue weighted by molar-refractivity contribution is 0.269. The molecule has 0 heterocycles. The predicted molar refractivity (Wildman–Crippen MR) is 87.9 cm³/mol. The van der Waals surface area contributed by atoms with E-state index in [1.165, 1.54) is 11.6 Å². The first-order valence-electron chi connectivity index (χ1n) is 7.39. The number of hydrogen-bond acceptors (Lipinski definition) is 1. The van der Waals surface area contributed by atoms with Gasteiger partial charge in [0.05, 0.1) is 0 Å². The summed E-state index contributed by atoms with van der Waals surface area (Å²) in [5.41, 5.74) is 2.14. The third-order valence-corrected chi connectivity index (χ3v) is 4.81. The average molecular weight is 348 g/mol. The maximum atomic E-state index is 13.8. The van der Waals surface area contributed by atoms with E-state index in [-0.39, 0.29) is 11.9 Å². The van der Waals surface area contributed by atoms with Crippen LogP contribution >= 0.6 is 15.9 Å². The summed E-state index contributed by atoms with van der Waals surface area (Å²) < 4.78 is 14.9. The third kappa shape index (κ3) is 3.35. The number of benzene rings is 2. The number of halogens is 2. The Kier molecular flexibility index (Phi) is 4.41. The van der Waals surface area contributed by atoms with Crippen molar-refractivity contribution in [3.05, 3.63) is 69.9 Å². The van der Waals surface area contributed by atoms with Crippen LogP contribution in [0.3, 0.4) is 0 Å². The van der Waals surface area contributed by atoms with Crippen LogP contribution in [-0.2, 0) is 0 Å². The van der Waals surface area contributed by atoms with Crippen molar-refractivity contribution in [2.45, 2.75) is 37.8 Å². The molecule has 1 N–H and O–H groups in total. The largest absolute Gasteiger partial charge is 0.307 e.